The van der Waals surface area contributed by atoms with E-state index in [0.717, 1.165) is 38.9 Å². The van der Waals surface area contributed by atoms with Crippen molar-refractivity contribution in [2.75, 3.05) is 25.0 Å². The minimum absolute atomic E-state index is 0.190. The molecule has 2 aromatic rings. The predicted molar refractivity (Wildman–Crippen MR) is 91.7 cm³/mol. The van der Waals surface area contributed by atoms with Crippen molar-refractivity contribution in [2.45, 2.75) is 25.3 Å². The molecule has 0 spiro atoms. The molecule has 2 N–H and O–H groups in total. The number of carbonyl (C=O) groups is 1. The number of rotatable bonds is 5. The summed E-state index contributed by atoms with van der Waals surface area (Å²) in [6.45, 7) is 3.13. The van der Waals surface area contributed by atoms with Gasteiger partial charge in [-0.25, -0.2) is 4.79 Å². The molecule has 122 valence electrons. The van der Waals surface area contributed by atoms with Crippen LogP contribution < -0.4 is 10.6 Å². The number of benzene rings is 1. The lowest BCUT2D eigenvalue weighted by Gasteiger charge is -2.32. The number of urea groups is 1. The molecule has 2 amide bonds. The molecular weight excluding hydrogens is 310 g/mol. The Morgan fingerprint density at radius 1 is 1.26 bits per heavy atom. The Labute approximate surface area is 139 Å². The molecule has 1 aliphatic heterocycles. The van der Waals surface area contributed by atoms with Crippen LogP contribution >= 0.6 is 11.3 Å². The summed E-state index contributed by atoms with van der Waals surface area (Å²) >= 11 is 1.32. The number of amides is 2. The summed E-state index contributed by atoms with van der Waals surface area (Å²) in [5, 5.41) is 13.8. The number of piperidine rings is 1. The highest BCUT2D eigenvalue weighted by atomic mass is 32.1. The Bertz CT molecular complexity index is 596. The summed E-state index contributed by atoms with van der Waals surface area (Å²) in [6.07, 6.45) is 3.05. The van der Waals surface area contributed by atoms with Gasteiger partial charge in [-0.3, -0.25) is 5.32 Å². The number of nitrogens with one attached hydrogen (secondary N) is 2. The van der Waals surface area contributed by atoms with Crippen molar-refractivity contribution in [1.82, 2.24) is 20.4 Å². The first kappa shape index (κ1) is 15.9. The molecular formula is C16H21N5OS. The molecule has 0 radical (unpaired) electrons. The first-order valence-electron chi connectivity index (χ1n) is 7.89. The van der Waals surface area contributed by atoms with E-state index in [1.807, 2.05) is 6.07 Å². The number of aromatic nitrogens is 2. The Morgan fingerprint density at radius 3 is 2.74 bits per heavy atom. The molecule has 0 atom stereocenters. The summed E-state index contributed by atoms with van der Waals surface area (Å²) in [5.41, 5.74) is 2.98. The second kappa shape index (κ2) is 8.03. The van der Waals surface area contributed by atoms with Crippen LogP contribution in [0, 0.1) is 0 Å². The highest BCUT2D eigenvalue weighted by Gasteiger charge is 2.20. The monoisotopic (exact) mass is 331 g/mol. The van der Waals surface area contributed by atoms with E-state index in [2.05, 4.69) is 50.0 Å². The van der Waals surface area contributed by atoms with Gasteiger partial charge in [0.15, 0.2) is 0 Å². The van der Waals surface area contributed by atoms with Gasteiger partial charge in [-0.05, 0) is 24.8 Å². The lowest BCUT2D eigenvalue weighted by atomic mass is 10.0. The highest BCUT2D eigenvalue weighted by Crippen LogP contribution is 2.12. The minimum atomic E-state index is -0.190. The standard InChI is InChI=1S/C16H21N5OS/c22-15(19-16-20-17-12-23-16)18-14-7-10-21(11-8-14)9-6-13-4-2-1-3-5-13/h1-5,12,14H,6-11H2,(H2,18,19,20,22). The van der Waals surface area contributed by atoms with Crippen molar-refractivity contribution >= 4 is 22.5 Å². The van der Waals surface area contributed by atoms with E-state index in [4.69, 9.17) is 0 Å². The second-order valence-electron chi connectivity index (χ2n) is 5.69. The maximum absolute atomic E-state index is 11.9. The number of likely N-dealkylation sites (tertiary alicyclic amines) is 1. The molecule has 0 unspecified atom stereocenters. The van der Waals surface area contributed by atoms with Crippen LogP contribution in [0.4, 0.5) is 9.93 Å². The zero-order valence-corrected chi connectivity index (χ0v) is 13.8. The quantitative estimate of drug-likeness (QED) is 0.882. The summed E-state index contributed by atoms with van der Waals surface area (Å²) in [4.78, 5) is 14.3. The fourth-order valence-corrected chi connectivity index (χ4v) is 3.22. The van der Waals surface area contributed by atoms with Crippen molar-refractivity contribution < 1.29 is 4.79 Å². The van der Waals surface area contributed by atoms with Crippen LogP contribution in [0.3, 0.4) is 0 Å². The lowest BCUT2D eigenvalue weighted by molar-refractivity contribution is 0.197. The maximum Gasteiger partial charge on any atom is 0.321 e. The van der Waals surface area contributed by atoms with Crippen molar-refractivity contribution in [3.63, 3.8) is 0 Å². The van der Waals surface area contributed by atoms with Gasteiger partial charge in [-0.1, -0.05) is 41.7 Å². The van der Waals surface area contributed by atoms with Gasteiger partial charge in [0.25, 0.3) is 0 Å². The molecule has 7 heteroatoms. The van der Waals surface area contributed by atoms with E-state index in [1.165, 1.54) is 16.9 Å². The molecule has 0 bridgehead atoms. The van der Waals surface area contributed by atoms with Gasteiger partial charge in [0, 0.05) is 25.7 Å². The summed E-state index contributed by atoms with van der Waals surface area (Å²) < 4.78 is 0. The molecule has 6 nitrogen and oxygen atoms in total. The zero-order chi connectivity index (χ0) is 15.9. The van der Waals surface area contributed by atoms with E-state index in [1.54, 1.807) is 5.51 Å². The molecule has 0 saturated carbocycles. The molecule has 0 aliphatic carbocycles. The maximum atomic E-state index is 11.9. The van der Waals surface area contributed by atoms with Crippen LogP contribution in [0.15, 0.2) is 35.8 Å². The average Bonchev–Trinajstić information content (AvgIpc) is 3.08. The number of carbonyl (C=O) groups excluding carboxylic acids is 1. The van der Waals surface area contributed by atoms with Gasteiger partial charge in [0.1, 0.15) is 5.51 Å². The van der Waals surface area contributed by atoms with Gasteiger partial charge in [0.05, 0.1) is 0 Å². The van der Waals surface area contributed by atoms with E-state index >= 15 is 0 Å². The minimum Gasteiger partial charge on any atom is -0.335 e. The molecule has 1 saturated heterocycles. The molecule has 1 fully saturated rings. The van der Waals surface area contributed by atoms with Crippen molar-refractivity contribution in [3.8, 4) is 0 Å². The predicted octanol–water partition coefficient (Wildman–Crippen LogP) is 2.37. The fraction of sp³-hybridized carbons (Fsp3) is 0.438. The smallest absolute Gasteiger partial charge is 0.321 e. The molecule has 3 rings (SSSR count). The van der Waals surface area contributed by atoms with E-state index in [9.17, 15) is 4.79 Å². The Morgan fingerprint density at radius 2 is 2.04 bits per heavy atom. The van der Waals surface area contributed by atoms with Crippen LogP contribution in [0.5, 0.6) is 0 Å². The normalized spacial score (nSPS) is 16.2. The fourth-order valence-electron chi connectivity index (χ4n) is 2.78. The molecule has 1 aromatic carbocycles. The van der Waals surface area contributed by atoms with Gasteiger partial charge in [-0.2, -0.15) is 0 Å². The van der Waals surface area contributed by atoms with Crippen molar-refractivity contribution in [1.29, 1.82) is 0 Å². The van der Waals surface area contributed by atoms with Gasteiger partial charge >= 0.3 is 6.03 Å². The molecule has 2 heterocycles. The van der Waals surface area contributed by atoms with E-state index in [0.29, 0.717) is 5.13 Å². The second-order valence-corrected chi connectivity index (χ2v) is 6.53. The SMILES string of the molecule is O=C(Nc1nncs1)NC1CCN(CCc2ccccc2)CC1. The highest BCUT2D eigenvalue weighted by molar-refractivity contribution is 7.13. The number of nitrogens with zero attached hydrogens (tertiary/aromatic N) is 3. The van der Waals surface area contributed by atoms with Gasteiger partial charge in [0.2, 0.25) is 5.13 Å². The van der Waals surface area contributed by atoms with Crippen molar-refractivity contribution in [3.05, 3.63) is 41.4 Å². The number of hydrogen-bond donors (Lipinski definition) is 2. The van der Waals surface area contributed by atoms with Gasteiger partial charge < -0.3 is 10.2 Å². The van der Waals surface area contributed by atoms with Gasteiger partial charge in [-0.15, -0.1) is 10.2 Å². The zero-order valence-electron chi connectivity index (χ0n) is 12.9. The van der Waals surface area contributed by atoms with Crippen LogP contribution in [-0.4, -0.2) is 46.8 Å². The van der Waals surface area contributed by atoms with E-state index < -0.39 is 0 Å². The third-order valence-corrected chi connectivity index (χ3v) is 4.67. The Hall–Kier alpha value is -1.99. The van der Waals surface area contributed by atoms with Crippen LogP contribution in [0.25, 0.3) is 0 Å². The number of hydrogen-bond acceptors (Lipinski definition) is 5. The van der Waals surface area contributed by atoms with Crippen LogP contribution in [0.2, 0.25) is 0 Å². The third-order valence-electron chi connectivity index (χ3n) is 4.06. The summed E-state index contributed by atoms with van der Waals surface area (Å²) in [6, 6.07) is 10.6. The lowest BCUT2D eigenvalue weighted by Crippen LogP contribution is -2.46. The first-order valence-corrected chi connectivity index (χ1v) is 8.77. The summed E-state index contributed by atoms with van der Waals surface area (Å²) in [5.74, 6) is 0. The van der Waals surface area contributed by atoms with E-state index in [-0.39, 0.29) is 12.1 Å². The largest absolute Gasteiger partial charge is 0.335 e. The molecule has 1 aliphatic rings. The van der Waals surface area contributed by atoms with Crippen molar-refractivity contribution in [2.24, 2.45) is 0 Å². The third kappa shape index (κ3) is 5.01. The molecule has 1 aromatic heterocycles. The first-order chi connectivity index (χ1) is 11.3. The topological polar surface area (TPSA) is 70.1 Å². The Balaban J connectivity index is 1.36. The Kier molecular flexibility index (Phi) is 5.55. The average molecular weight is 331 g/mol. The van der Waals surface area contributed by atoms with Crippen LogP contribution in [0.1, 0.15) is 18.4 Å². The van der Waals surface area contributed by atoms with Crippen LogP contribution in [-0.2, 0) is 6.42 Å². The summed E-state index contributed by atoms with van der Waals surface area (Å²) in [7, 11) is 0. The molecule has 23 heavy (non-hydrogen) atoms. The number of anilines is 1.